The molecule has 0 N–H and O–H groups in total. The van der Waals surface area contributed by atoms with Crippen LogP contribution in [0.15, 0.2) is 85.1 Å². The molecule has 4 aromatic rings. The van der Waals surface area contributed by atoms with Crippen molar-refractivity contribution in [2.45, 2.75) is 38.4 Å². The standard InChI is InChI=1S/C31H32N2O4/c1-35-27-14-12-23(21-29(27)36-22-24-7-3-2-4-8-24)13-15-30(34)33-19-16-26(17-20-33)37-28-11-5-9-25-10-6-18-32-31(25)28/h2-12,14,18,21,26H,13,15-17,19-20,22H2,1H3. The van der Waals surface area contributed by atoms with Gasteiger partial charge in [-0.05, 0) is 41.8 Å². The van der Waals surface area contributed by atoms with Crippen molar-refractivity contribution >= 4 is 16.8 Å². The first-order chi connectivity index (χ1) is 18.2. The summed E-state index contributed by atoms with van der Waals surface area (Å²) in [5.74, 6) is 2.37. The van der Waals surface area contributed by atoms with Crippen molar-refractivity contribution in [3.63, 3.8) is 0 Å². The van der Waals surface area contributed by atoms with Crippen LogP contribution in [0.25, 0.3) is 10.9 Å². The molecule has 0 unspecified atom stereocenters. The largest absolute Gasteiger partial charge is 0.493 e. The number of likely N-dealkylation sites (tertiary alicyclic amines) is 1. The molecule has 0 bridgehead atoms. The van der Waals surface area contributed by atoms with Gasteiger partial charge in [0.15, 0.2) is 11.5 Å². The van der Waals surface area contributed by atoms with Crippen molar-refractivity contribution < 1.29 is 19.0 Å². The number of ether oxygens (including phenoxy) is 3. The van der Waals surface area contributed by atoms with E-state index in [-0.39, 0.29) is 12.0 Å². The molecule has 0 radical (unpaired) electrons. The minimum Gasteiger partial charge on any atom is -0.493 e. The van der Waals surface area contributed by atoms with Crippen LogP contribution in [-0.2, 0) is 17.8 Å². The van der Waals surface area contributed by atoms with Crippen LogP contribution in [0.4, 0.5) is 0 Å². The van der Waals surface area contributed by atoms with E-state index in [2.05, 4.69) is 4.98 Å². The maximum absolute atomic E-state index is 12.9. The highest BCUT2D eigenvalue weighted by Crippen LogP contribution is 2.30. The molecule has 2 heterocycles. The molecule has 0 saturated carbocycles. The van der Waals surface area contributed by atoms with Gasteiger partial charge in [0, 0.05) is 43.9 Å². The Kier molecular flexibility index (Phi) is 7.84. The summed E-state index contributed by atoms with van der Waals surface area (Å²) in [4.78, 5) is 19.4. The number of nitrogens with zero attached hydrogens (tertiary/aromatic N) is 2. The SMILES string of the molecule is COc1ccc(CCC(=O)N2CCC(Oc3cccc4cccnc34)CC2)cc1OCc1ccccc1. The zero-order valence-electron chi connectivity index (χ0n) is 21.1. The molecule has 0 atom stereocenters. The molecule has 1 aliphatic rings. The number of aryl methyl sites for hydroxylation is 1. The van der Waals surface area contributed by atoms with E-state index in [0.717, 1.165) is 40.6 Å². The number of aromatic nitrogens is 1. The minimum absolute atomic E-state index is 0.0857. The lowest BCUT2D eigenvalue weighted by atomic mass is 10.0. The second-order valence-corrected chi connectivity index (χ2v) is 9.29. The van der Waals surface area contributed by atoms with Crippen molar-refractivity contribution in [2.24, 2.45) is 0 Å². The summed E-state index contributed by atoms with van der Waals surface area (Å²) < 4.78 is 17.8. The third-order valence-electron chi connectivity index (χ3n) is 6.78. The van der Waals surface area contributed by atoms with Gasteiger partial charge in [-0.2, -0.15) is 0 Å². The number of carbonyl (C=O) groups excluding carboxylic acids is 1. The maximum Gasteiger partial charge on any atom is 0.222 e. The fraction of sp³-hybridized carbons (Fsp3) is 0.290. The number of fused-ring (bicyclic) bond motifs is 1. The highest BCUT2D eigenvalue weighted by atomic mass is 16.5. The van der Waals surface area contributed by atoms with Crippen LogP contribution in [0.2, 0.25) is 0 Å². The molecule has 37 heavy (non-hydrogen) atoms. The van der Waals surface area contributed by atoms with Crippen LogP contribution in [0.5, 0.6) is 17.2 Å². The monoisotopic (exact) mass is 496 g/mol. The van der Waals surface area contributed by atoms with Gasteiger partial charge in [-0.15, -0.1) is 0 Å². The molecule has 0 aliphatic carbocycles. The normalized spacial score (nSPS) is 13.9. The number of methoxy groups -OCH3 is 1. The second kappa shape index (κ2) is 11.8. The summed E-state index contributed by atoms with van der Waals surface area (Å²) in [6.45, 7) is 1.87. The van der Waals surface area contributed by atoms with E-state index in [9.17, 15) is 4.79 Å². The molecule has 5 rings (SSSR count). The Labute approximate surface area is 217 Å². The summed E-state index contributed by atoms with van der Waals surface area (Å²) in [5.41, 5.74) is 3.03. The van der Waals surface area contributed by atoms with Gasteiger partial charge in [0.1, 0.15) is 24.0 Å². The van der Waals surface area contributed by atoms with E-state index < -0.39 is 0 Å². The Hall–Kier alpha value is -4.06. The minimum atomic E-state index is 0.0857. The van der Waals surface area contributed by atoms with E-state index in [4.69, 9.17) is 14.2 Å². The van der Waals surface area contributed by atoms with Gasteiger partial charge in [-0.25, -0.2) is 0 Å². The van der Waals surface area contributed by atoms with Crippen molar-refractivity contribution in [3.8, 4) is 17.2 Å². The highest BCUT2D eigenvalue weighted by Gasteiger charge is 2.24. The number of hydrogen-bond acceptors (Lipinski definition) is 5. The summed E-state index contributed by atoms with van der Waals surface area (Å²) in [7, 11) is 1.64. The lowest BCUT2D eigenvalue weighted by molar-refractivity contribution is -0.132. The lowest BCUT2D eigenvalue weighted by Crippen LogP contribution is -2.41. The van der Waals surface area contributed by atoms with Gasteiger partial charge in [0.2, 0.25) is 5.91 Å². The molecule has 3 aromatic carbocycles. The maximum atomic E-state index is 12.9. The quantitative estimate of drug-likeness (QED) is 0.292. The Morgan fingerprint density at radius 2 is 1.70 bits per heavy atom. The Balaban J connectivity index is 1.12. The summed E-state index contributed by atoms with van der Waals surface area (Å²) >= 11 is 0. The van der Waals surface area contributed by atoms with Crippen molar-refractivity contribution in [1.82, 2.24) is 9.88 Å². The third kappa shape index (κ3) is 6.20. The van der Waals surface area contributed by atoms with Crippen molar-refractivity contribution in [3.05, 3.63) is 96.2 Å². The molecule has 6 nitrogen and oxygen atoms in total. The van der Waals surface area contributed by atoms with E-state index in [1.54, 1.807) is 13.3 Å². The number of amides is 1. The molecular weight excluding hydrogens is 464 g/mol. The summed E-state index contributed by atoms with van der Waals surface area (Å²) in [6.07, 6.45) is 4.62. The van der Waals surface area contributed by atoms with E-state index in [1.807, 2.05) is 83.8 Å². The fourth-order valence-electron chi connectivity index (χ4n) is 4.71. The van der Waals surface area contributed by atoms with Gasteiger partial charge in [0.05, 0.1) is 7.11 Å². The van der Waals surface area contributed by atoms with Crippen molar-refractivity contribution in [1.29, 1.82) is 0 Å². The molecular formula is C31H32N2O4. The summed E-state index contributed by atoms with van der Waals surface area (Å²) in [5, 5.41) is 1.07. The Morgan fingerprint density at radius 1 is 0.892 bits per heavy atom. The van der Waals surface area contributed by atoms with E-state index in [0.29, 0.717) is 44.0 Å². The Morgan fingerprint density at radius 3 is 2.51 bits per heavy atom. The Bertz CT molecular complexity index is 1330. The van der Waals surface area contributed by atoms with E-state index in [1.165, 1.54) is 0 Å². The predicted octanol–water partition coefficient (Wildman–Crippen LogP) is 5.83. The molecule has 190 valence electrons. The van der Waals surface area contributed by atoms with Crippen LogP contribution >= 0.6 is 0 Å². The van der Waals surface area contributed by atoms with Crippen molar-refractivity contribution in [2.75, 3.05) is 20.2 Å². The third-order valence-corrected chi connectivity index (χ3v) is 6.78. The smallest absolute Gasteiger partial charge is 0.222 e. The first-order valence-electron chi connectivity index (χ1n) is 12.8. The van der Waals surface area contributed by atoms with Crippen LogP contribution in [0, 0.1) is 0 Å². The number of para-hydroxylation sites is 1. The average Bonchev–Trinajstić information content (AvgIpc) is 2.96. The fourth-order valence-corrected chi connectivity index (χ4v) is 4.71. The number of carbonyl (C=O) groups is 1. The molecule has 0 spiro atoms. The molecule has 1 amide bonds. The zero-order chi connectivity index (χ0) is 25.5. The van der Waals surface area contributed by atoms with Gasteiger partial charge < -0.3 is 19.1 Å². The number of benzene rings is 3. The molecule has 1 saturated heterocycles. The lowest BCUT2D eigenvalue weighted by Gasteiger charge is -2.32. The molecule has 1 aromatic heterocycles. The average molecular weight is 497 g/mol. The van der Waals surface area contributed by atoms with Crippen LogP contribution in [-0.4, -0.2) is 42.1 Å². The molecule has 1 fully saturated rings. The second-order valence-electron chi connectivity index (χ2n) is 9.29. The number of pyridine rings is 1. The predicted molar refractivity (Wildman–Crippen MR) is 144 cm³/mol. The topological polar surface area (TPSA) is 60.9 Å². The van der Waals surface area contributed by atoms with E-state index >= 15 is 0 Å². The molecule has 6 heteroatoms. The van der Waals surface area contributed by atoms with Crippen LogP contribution in [0.1, 0.15) is 30.4 Å². The number of rotatable bonds is 9. The van der Waals surface area contributed by atoms with Gasteiger partial charge in [-0.3, -0.25) is 9.78 Å². The first-order valence-corrected chi connectivity index (χ1v) is 12.8. The van der Waals surface area contributed by atoms with Crippen LogP contribution in [0.3, 0.4) is 0 Å². The van der Waals surface area contributed by atoms with Crippen LogP contribution < -0.4 is 14.2 Å². The van der Waals surface area contributed by atoms with Gasteiger partial charge >= 0.3 is 0 Å². The molecule has 1 aliphatic heterocycles. The van der Waals surface area contributed by atoms with Gasteiger partial charge in [0.25, 0.3) is 0 Å². The summed E-state index contributed by atoms with van der Waals surface area (Å²) in [6, 6.07) is 25.9. The first kappa shape index (κ1) is 24.6. The zero-order valence-corrected chi connectivity index (χ0v) is 21.1. The van der Waals surface area contributed by atoms with Gasteiger partial charge in [-0.1, -0.05) is 54.6 Å². The number of piperidine rings is 1. The number of hydrogen-bond donors (Lipinski definition) is 0. The highest BCUT2D eigenvalue weighted by molar-refractivity contribution is 5.84.